The highest BCUT2D eigenvalue weighted by molar-refractivity contribution is 5.93. The van der Waals surface area contributed by atoms with Crippen LogP contribution in [0.2, 0.25) is 0 Å². The fourth-order valence-electron chi connectivity index (χ4n) is 2.28. The van der Waals surface area contributed by atoms with Crippen LogP contribution < -0.4 is 5.32 Å². The van der Waals surface area contributed by atoms with Crippen molar-refractivity contribution in [2.45, 2.75) is 32.8 Å². The summed E-state index contributed by atoms with van der Waals surface area (Å²) in [6.07, 6.45) is 2.80. The lowest BCUT2D eigenvalue weighted by Gasteiger charge is -2.19. The first-order valence-corrected chi connectivity index (χ1v) is 7.21. The second-order valence-corrected chi connectivity index (χ2v) is 5.00. The zero-order valence-corrected chi connectivity index (χ0v) is 12.3. The minimum Gasteiger partial charge on any atom is -0.463 e. The number of aromatic amines is 1. The number of furan rings is 1. The maximum atomic E-state index is 12.0. The maximum Gasteiger partial charge on any atom is 0.271 e. The Bertz CT molecular complexity index is 558. The molecule has 0 radical (unpaired) electrons. The Balaban J connectivity index is 1.92. The van der Waals surface area contributed by atoms with Gasteiger partial charge in [0, 0.05) is 12.6 Å². The molecule has 0 saturated carbocycles. The van der Waals surface area contributed by atoms with Gasteiger partial charge in [0.2, 0.25) is 0 Å². The van der Waals surface area contributed by atoms with Crippen LogP contribution in [0.25, 0.3) is 11.5 Å². The Morgan fingerprint density at radius 3 is 2.86 bits per heavy atom. The molecule has 21 heavy (non-hydrogen) atoms. The molecule has 0 saturated heterocycles. The molecule has 0 bridgehead atoms. The van der Waals surface area contributed by atoms with E-state index in [0.717, 1.165) is 12.8 Å². The van der Waals surface area contributed by atoms with Crippen LogP contribution in [0.5, 0.6) is 0 Å². The number of aromatic nitrogens is 2. The van der Waals surface area contributed by atoms with E-state index in [0.29, 0.717) is 11.5 Å². The van der Waals surface area contributed by atoms with Gasteiger partial charge in [-0.05, 0) is 18.1 Å². The Labute approximate surface area is 123 Å². The molecule has 0 aliphatic carbocycles. The molecule has 6 nitrogen and oxygen atoms in total. The Kier molecular flexibility index (Phi) is 5.16. The molecule has 0 aliphatic heterocycles. The van der Waals surface area contributed by atoms with Gasteiger partial charge in [0.1, 0.15) is 5.69 Å². The lowest BCUT2D eigenvalue weighted by molar-refractivity contribution is 0.0813. The largest absolute Gasteiger partial charge is 0.463 e. The highest BCUT2D eigenvalue weighted by Crippen LogP contribution is 2.17. The highest BCUT2D eigenvalue weighted by atomic mass is 16.3. The summed E-state index contributed by atoms with van der Waals surface area (Å²) in [5.74, 6) is 0.510. The SMILES string of the molecule is CCC(CC)C(O)CNC(=O)c1cc(-c2ccco2)[nH]n1. The number of carbonyl (C=O) groups excluding carboxylic acids is 1. The topological polar surface area (TPSA) is 91.1 Å². The lowest BCUT2D eigenvalue weighted by atomic mass is 9.96. The number of rotatable bonds is 7. The summed E-state index contributed by atoms with van der Waals surface area (Å²) in [4.78, 5) is 12.0. The number of nitrogens with zero attached hydrogens (tertiary/aromatic N) is 1. The zero-order valence-electron chi connectivity index (χ0n) is 12.3. The van der Waals surface area contributed by atoms with E-state index in [1.54, 1.807) is 24.5 Å². The Morgan fingerprint density at radius 1 is 1.48 bits per heavy atom. The summed E-state index contributed by atoms with van der Waals surface area (Å²) in [6.45, 7) is 4.29. The van der Waals surface area contributed by atoms with E-state index in [-0.39, 0.29) is 24.1 Å². The lowest BCUT2D eigenvalue weighted by Crippen LogP contribution is -2.36. The molecule has 6 heteroatoms. The molecule has 1 atom stereocenters. The maximum absolute atomic E-state index is 12.0. The second-order valence-electron chi connectivity index (χ2n) is 5.00. The molecule has 2 rings (SSSR count). The summed E-state index contributed by atoms with van der Waals surface area (Å²) < 4.78 is 5.23. The quantitative estimate of drug-likeness (QED) is 0.729. The van der Waals surface area contributed by atoms with Crippen LogP contribution in [0.1, 0.15) is 37.2 Å². The molecule has 0 fully saturated rings. The van der Waals surface area contributed by atoms with Crippen LogP contribution in [0, 0.1) is 5.92 Å². The van der Waals surface area contributed by atoms with Crippen molar-refractivity contribution >= 4 is 5.91 Å². The van der Waals surface area contributed by atoms with E-state index in [1.165, 1.54) is 0 Å². The summed E-state index contributed by atoms with van der Waals surface area (Å²) >= 11 is 0. The molecule has 3 N–H and O–H groups in total. The number of hydrogen-bond acceptors (Lipinski definition) is 4. The van der Waals surface area contributed by atoms with Crippen molar-refractivity contribution in [1.82, 2.24) is 15.5 Å². The van der Waals surface area contributed by atoms with Crippen LogP contribution in [0.3, 0.4) is 0 Å². The van der Waals surface area contributed by atoms with Crippen molar-refractivity contribution in [3.63, 3.8) is 0 Å². The number of aliphatic hydroxyl groups is 1. The van der Waals surface area contributed by atoms with Crippen LogP contribution in [0.4, 0.5) is 0 Å². The van der Waals surface area contributed by atoms with E-state index in [1.807, 2.05) is 13.8 Å². The van der Waals surface area contributed by atoms with Crippen molar-refractivity contribution in [3.05, 3.63) is 30.2 Å². The van der Waals surface area contributed by atoms with Gasteiger partial charge in [-0.15, -0.1) is 0 Å². The molecule has 0 aromatic carbocycles. The van der Waals surface area contributed by atoms with Crippen molar-refractivity contribution < 1.29 is 14.3 Å². The van der Waals surface area contributed by atoms with E-state index < -0.39 is 6.10 Å². The van der Waals surface area contributed by atoms with Crippen LogP contribution in [0.15, 0.2) is 28.9 Å². The van der Waals surface area contributed by atoms with Crippen LogP contribution >= 0.6 is 0 Å². The standard InChI is InChI=1S/C15H21N3O3/c1-3-10(4-2)13(19)9-16-15(20)12-8-11(17-18-12)14-6-5-7-21-14/h5-8,10,13,19H,3-4,9H2,1-2H3,(H,16,20)(H,17,18). The third-order valence-corrected chi connectivity index (χ3v) is 3.66. The van der Waals surface area contributed by atoms with Gasteiger partial charge < -0.3 is 14.8 Å². The number of amides is 1. The summed E-state index contributed by atoms with van der Waals surface area (Å²) in [7, 11) is 0. The van der Waals surface area contributed by atoms with Crippen LogP contribution in [-0.4, -0.2) is 33.9 Å². The molecule has 2 aromatic rings. The summed E-state index contributed by atoms with van der Waals surface area (Å²) in [5, 5.41) is 19.4. The summed E-state index contributed by atoms with van der Waals surface area (Å²) in [5.41, 5.74) is 0.920. The molecular weight excluding hydrogens is 270 g/mol. The first kappa shape index (κ1) is 15.3. The van der Waals surface area contributed by atoms with Crippen LogP contribution in [-0.2, 0) is 0 Å². The van der Waals surface area contributed by atoms with Crippen molar-refractivity contribution in [2.24, 2.45) is 5.92 Å². The number of aliphatic hydroxyl groups excluding tert-OH is 1. The van der Waals surface area contributed by atoms with Crippen molar-refractivity contribution in [1.29, 1.82) is 0 Å². The van der Waals surface area contributed by atoms with Crippen molar-refractivity contribution in [2.75, 3.05) is 6.54 Å². The fraction of sp³-hybridized carbons (Fsp3) is 0.467. The molecule has 1 unspecified atom stereocenters. The molecule has 114 valence electrons. The zero-order chi connectivity index (χ0) is 15.2. The molecule has 0 spiro atoms. The van der Waals surface area contributed by atoms with E-state index >= 15 is 0 Å². The first-order chi connectivity index (χ1) is 10.2. The van der Waals surface area contributed by atoms with E-state index in [4.69, 9.17) is 4.42 Å². The number of nitrogens with one attached hydrogen (secondary N) is 2. The Morgan fingerprint density at radius 2 is 2.24 bits per heavy atom. The average molecular weight is 291 g/mol. The predicted molar refractivity (Wildman–Crippen MR) is 78.7 cm³/mol. The van der Waals surface area contributed by atoms with E-state index in [2.05, 4.69) is 15.5 Å². The monoisotopic (exact) mass is 291 g/mol. The molecule has 1 amide bonds. The molecular formula is C15H21N3O3. The third-order valence-electron chi connectivity index (χ3n) is 3.66. The van der Waals surface area contributed by atoms with Gasteiger partial charge in [-0.3, -0.25) is 9.89 Å². The van der Waals surface area contributed by atoms with Gasteiger partial charge in [0.15, 0.2) is 11.5 Å². The number of carbonyl (C=O) groups is 1. The third kappa shape index (κ3) is 3.72. The minimum absolute atomic E-state index is 0.197. The fourth-order valence-corrected chi connectivity index (χ4v) is 2.28. The first-order valence-electron chi connectivity index (χ1n) is 7.21. The number of H-pyrrole nitrogens is 1. The highest BCUT2D eigenvalue weighted by Gasteiger charge is 2.18. The summed E-state index contributed by atoms with van der Waals surface area (Å²) in [6, 6.07) is 5.17. The molecule has 2 aromatic heterocycles. The number of hydrogen-bond donors (Lipinski definition) is 3. The van der Waals surface area contributed by atoms with Crippen molar-refractivity contribution in [3.8, 4) is 11.5 Å². The Hall–Kier alpha value is -2.08. The average Bonchev–Trinajstić information content (AvgIpc) is 3.16. The van der Waals surface area contributed by atoms with E-state index in [9.17, 15) is 9.90 Å². The van der Waals surface area contributed by atoms with Gasteiger partial charge in [-0.1, -0.05) is 26.7 Å². The smallest absolute Gasteiger partial charge is 0.271 e. The normalized spacial score (nSPS) is 12.6. The predicted octanol–water partition coefficient (Wildman–Crippen LogP) is 2.20. The van der Waals surface area contributed by atoms with Gasteiger partial charge in [0.25, 0.3) is 5.91 Å². The second kappa shape index (κ2) is 7.08. The van der Waals surface area contributed by atoms with Gasteiger partial charge in [0.05, 0.1) is 12.4 Å². The minimum atomic E-state index is -0.535. The van der Waals surface area contributed by atoms with Gasteiger partial charge in [-0.2, -0.15) is 5.10 Å². The van der Waals surface area contributed by atoms with Gasteiger partial charge >= 0.3 is 0 Å². The molecule has 2 heterocycles. The van der Waals surface area contributed by atoms with Gasteiger partial charge in [-0.25, -0.2) is 0 Å². The molecule has 0 aliphatic rings.